The van der Waals surface area contributed by atoms with Crippen molar-refractivity contribution in [3.05, 3.63) is 23.9 Å². The van der Waals surface area contributed by atoms with E-state index in [0.717, 1.165) is 13.1 Å². The van der Waals surface area contributed by atoms with Crippen molar-refractivity contribution in [2.45, 2.75) is 31.7 Å². The van der Waals surface area contributed by atoms with E-state index in [-0.39, 0.29) is 0 Å². The van der Waals surface area contributed by atoms with E-state index in [1.165, 1.54) is 11.3 Å². The Hall–Kier alpha value is -0.780. The first-order chi connectivity index (χ1) is 8.20. The van der Waals surface area contributed by atoms with E-state index in [1.54, 1.807) is 0 Å². The van der Waals surface area contributed by atoms with Crippen LogP contribution in [0.15, 0.2) is 18.3 Å². The predicted octanol–water partition coefficient (Wildman–Crippen LogP) is 1.69. The van der Waals surface area contributed by atoms with E-state index in [2.05, 4.69) is 47.0 Å². The highest BCUT2D eigenvalue weighted by atomic mass is 32.2. The molecule has 2 heterocycles. The van der Waals surface area contributed by atoms with Crippen molar-refractivity contribution < 1.29 is 0 Å². The van der Waals surface area contributed by atoms with Crippen LogP contribution in [-0.4, -0.2) is 33.5 Å². The molecule has 0 saturated carbocycles. The molecule has 0 aliphatic carbocycles. The number of hydrogen-bond donors (Lipinski definition) is 2. The molecule has 2 atom stereocenters. The number of nitrogens with two attached hydrogens (primary N) is 1. The van der Waals surface area contributed by atoms with Gasteiger partial charge in [0.2, 0.25) is 0 Å². The van der Waals surface area contributed by atoms with Crippen LogP contribution in [-0.2, 0) is 6.54 Å². The molecule has 0 aromatic carbocycles. The molecule has 4 nitrogen and oxygen atoms in total. The van der Waals surface area contributed by atoms with Gasteiger partial charge in [-0.3, -0.25) is 4.90 Å². The number of rotatable bonds is 3. The predicted molar refractivity (Wildman–Crippen MR) is 73.8 cm³/mol. The van der Waals surface area contributed by atoms with Gasteiger partial charge in [0, 0.05) is 36.3 Å². The van der Waals surface area contributed by atoms with Gasteiger partial charge in [-0.1, -0.05) is 13.0 Å². The Morgan fingerprint density at radius 1 is 1.53 bits per heavy atom. The fraction of sp³-hybridized carbons (Fsp3) is 0.583. The first kappa shape index (κ1) is 12.7. The maximum Gasteiger partial charge on any atom is 0.139 e. The summed E-state index contributed by atoms with van der Waals surface area (Å²) in [4.78, 5) is 6.76. The minimum absolute atomic E-state index is 0.626. The molecule has 1 aliphatic heterocycles. The minimum atomic E-state index is 0.626. The van der Waals surface area contributed by atoms with Crippen LogP contribution in [0.25, 0.3) is 0 Å². The third-order valence-electron chi connectivity index (χ3n) is 3.37. The van der Waals surface area contributed by atoms with Crippen LogP contribution in [0.3, 0.4) is 0 Å². The summed E-state index contributed by atoms with van der Waals surface area (Å²) in [6.07, 6.45) is 1.90. The van der Waals surface area contributed by atoms with E-state index < -0.39 is 0 Å². The van der Waals surface area contributed by atoms with Crippen LogP contribution < -0.4 is 11.3 Å². The quantitative estimate of drug-likeness (QED) is 0.633. The number of anilines is 1. The molecule has 2 unspecified atom stereocenters. The number of hydrogen-bond acceptors (Lipinski definition) is 5. The molecule has 1 aromatic heterocycles. The average molecular weight is 252 g/mol. The van der Waals surface area contributed by atoms with Crippen molar-refractivity contribution in [3.8, 4) is 0 Å². The number of pyridine rings is 1. The highest BCUT2D eigenvalue weighted by Crippen LogP contribution is 2.25. The van der Waals surface area contributed by atoms with Crippen LogP contribution in [0.4, 0.5) is 5.82 Å². The molecule has 0 spiro atoms. The standard InChI is InChI=1S/C12H20N4S/c1-9-10(2)17-6-5-16(9)8-11-3-4-12(15-13)14-7-11/h3-4,7,9-10H,5-6,8,13H2,1-2H3,(H,14,15). The maximum absolute atomic E-state index is 5.30. The van der Waals surface area contributed by atoms with E-state index in [9.17, 15) is 0 Å². The van der Waals surface area contributed by atoms with Crippen LogP contribution in [0.5, 0.6) is 0 Å². The molecule has 0 radical (unpaired) electrons. The molecule has 3 N–H and O–H groups in total. The Kier molecular flexibility index (Phi) is 4.25. The summed E-state index contributed by atoms with van der Waals surface area (Å²) in [5, 5.41) is 0.710. The maximum atomic E-state index is 5.30. The lowest BCUT2D eigenvalue weighted by molar-refractivity contribution is 0.204. The molecule has 17 heavy (non-hydrogen) atoms. The van der Waals surface area contributed by atoms with E-state index in [4.69, 9.17) is 5.84 Å². The van der Waals surface area contributed by atoms with Crippen molar-refractivity contribution in [1.29, 1.82) is 0 Å². The van der Waals surface area contributed by atoms with Crippen LogP contribution >= 0.6 is 11.8 Å². The fourth-order valence-corrected chi connectivity index (χ4v) is 3.22. The second kappa shape index (κ2) is 5.71. The Labute approximate surface area is 107 Å². The molecule has 1 fully saturated rings. The lowest BCUT2D eigenvalue weighted by Gasteiger charge is -2.37. The zero-order valence-electron chi connectivity index (χ0n) is 10.4. The molecular formula is C12H20N4S. The summed E-state index contributed by atoms with van der Waals surface area (Å²) in [5.74, 6) is 7.23. The number of hydrazine groups is 1. The van der Waals surface area contributed by atoms with Crippen LogP contribution in [0.1, 0.15) is 19.4 Å². The third-order valence-corrected chi connectivity index (χ3v) is 4.71. The van der Waals surface area contributed by atoms with E-state index in [0.29, 0.717) is 17.1 Å². The minimum Gasteiger partial charge on any atom is -0.308 e. The van der Waals surface area contributed by atoms with Gasteiger partial charge in [0.15, 0.2) is 0 Å². The number of thioether (sulfide) groups is 1. The van der Waals surface area contributed by atoms with Gasteiger partial charge in [0.05, 0.1) is 0 Å². The topological polar surface area (TPSA) is 54.2 Å². The van der Waals surface area contributed by atoms with Gasteiger partial charge in [0.25, 0.3) is 0 Å². The van der Waals surface area contributed by atoms with E-state index in [1.807, 2.05) is 12.3 Å². The SMILES string of the molecule is CC1SCCN(Cc2ccc(NN)nc2)C1C. The van der Waals surface area contributed by atoms with Crippen LogP contribution in [0, 0.1) is 0 Å². The zero-order chi connectivity index (χ0) is 12.3. The van der Waals surface area contributed by atoms with Gasteiger partial charge >= 0.3 is 0 Å². The second-order valence-electron chi connectivity index (χ2n) is 4.48. The Bertz CT molecular complexity index is 354. The van der Waals surface area contributed by atoms with Gasteiger partial charge in [-0.05, 0) is 18.6 Å². The van der Waals surface area contributed by atoms with Crippen molar-refractivity contribution in [3.63, 3.8) is 0 Å². The average Bonchev–Trinajstić information content (AvgIpc) is 2.36. The fourth-order valence-electron chi connectivity index (χ4n) is 2.06. The second-order valence-corrected chi connectivity index (χ2v) is 5.97. The first-order valence-corrected chi connectivity index (χ1v) is 7.03. The zero-order valence-corrected chi connectivity index (χ0v) is 11.2. The summed E-state index contributed by atoms with van der Waals surface area (Å²) in [7, 11) is 0. The Morgan fingerprint density at radius 2 is 2.35 bits per heavy atom. The molecule has 1 aliphatic rings. The van der Waals surface area contributed by atoms with Gasteiger partial charge in [0.1, 0.15) is 5.82 Å². The van der Waals surface area contributed by atoms with Gasteiger partial charge in [-0.15, -0.1) is 0 Å². The summed E-state index contributed by atoms with van der Waals surface area (Å²) in [6.45, 7) is 6.75. The molecular weight excluding hydrogens is 232 g/mol. The summed E-state index contributed by atoms with van der Waals surface area (Å²) < 4.78 is 0. The third kappa shape index (κ3) is 3.12. The first-order valence-electron chi connectivity index (χ1n) is 5.98. The monoisotopic (exact) mass is 252 g/mol. The van der Waals surface area contributed by atoms with Crippen molar-refractivity contribution >= 4 is 17.6 Å². The molecule has 1 saturated heterocycles. The van der Waals surface area contributed by atoms with Crippen molar-refractivity contribution in [2.75, 3.05) is 17.7 Å². The van der Waals surface area contributed by atoms with Gasteiger partial charge in [-0.2, -0.15) is 11.8 Å². The summed E-state index contributed by atoms with van der Waals surface area (Å²) >= 11 is 2.06. The van der Waals surface area contributed by atoms with Crippen molar-refractivity contribution in [1.82, 2.24) is 9.88 Å². The number of nitrogens with zero attached hydrogens (tertiary/aromatic N) is 2. The molecule has 1 aromatic rings. The molecule has 5 heteroatoms. The highest BCUT2D eigenvalue weighted by Gasteiger charge is 2.24. The lowest BCUT2D eigenvalue weighted by Crippen LogP contribution is -2.43. The van der Waals surface area contributed by atoms with Crippen LogP contribution in [0.2, 0.25) is 0 Å². The summed E-state index contributed by atoms with van der Waals surface area (Å²) in [5.41, 5.74) is 3.79. The number of nitrogens with one attached hydrogen (secondary N) is 1. The van der Waals surface area contributed by atoms with Gasteiger partial charge < -0.3 is 5.43 Å². The Morgan fingerprint density at radius 3 is 3.00 bits per heavy atom. The summed E-state index contributed by atoms with van der Waals surface area (Å²) in [6, 6.07) is 4.63. The highest BCUT2D eigenvalue weighted by molar-refractivity contribution is 8.00. The number of nitrogen functional groups attached to an aromatic ring is 1. The Balaban J connectivity index is 1.99. The normalized spacial score (nSPS) is 25.8. The molecule has 2 rings (SSSR count). The molecule has 94 valence electrons. The molecule has 0 amide bonds. The molecule has 0 bridgehead atoms. The van der Waals surface area contributed by atoms with E-state index >= 15 is 0 Å². The largest absolute Gasteiger partial charge is 0.308 e. The number of aromatic nitrogens is 1. The van der Waals surface area contributed by atoms with Crippen molar-refractivity contribution in [2.24, 2.45) is 5.84 Å². The van der Waals surface area contributed by atoms with Gasteiger partial charge in [-0.25, -0.2) is 10.8 Å². The lowest BCUT2D eigenvalue weighted by atomic mass is 10.1. The smallest absolute Gasteiger partial charge is 0.139 e.